The number of hydrogen-bond acceptors (Lipinski definition) is 4. The zero-order chi connectivity index (χ0) is 14.9. The van der Waals surface area contributed by atoms with E-state index < -0.39 is 22.8 Å². The standard InChI is InChI=1S/C12H11BrN2O5/c13-8-4-3-7(6-10(8)15(19)20)11(16)14-5-1-2-9(14)12(17)18/h3-4,6,9H,1-2,5H2,(H,17,18)/t9-/m1/s1. The summed E-state index contributed by atoms with van der Waals surface area (Å²) >= 11 is 3.04. The Hall–Kier alpha value is -1.96. The van der Waals surface area contributed by atoms with Gasteiger partial charge in [0.1, 0.15) is 6.04 Å². The van der Waals surface area contributed by atoms with Crippen molar-refractivity contribution in [3.05, 3.63) is 38.3 Å². The minimum absolute atomic E-state index is 0.119. The van der Waals surface area contributed by atoms with Crippen molar-refractivity contribution in [3.8, 4) is 0 Å². The van der Waals surface area contributed by atoms with E-state index in [0.717, 1.165) is 6.07 Å². The molecule has 0 saturated carbocycles. The molecule has 20 heavy (non-hydrogen) atoms. The number of nitro groups is 1. The lowest BCUT2D eigenvalue weighted by Gasteiger charge is -2.21. The molecule has 7 nitrogen and oxygen atoms in total. The summed E-state index contributed by atoms with van der Waals surface area (Å²) in [7, 11) is 0. The summed E-state index contributed by atoms with van der Waals surface area (Å²) in [5, 5.41) is 19.9. The maximum absolute atomic E-state index is 12.3. The molecule has 0 spiro atoms. The maximum atomic E-state index is 12.3. The largest absolute Gasteiger partial charge is 0.480 e. The van der Waals surface area contributed by atoms with Crippen LogP contribution < -0.4 is 0 Å². The van der Waals surface area contributed by atoms with E-state index in [2.05, 4.69) is 15.9 Å². The van der Waals surface area contributed by atoms with E-state index in [1.54, 1.807) is 0 Å². The molecule has 1 fully saturated rings. The van der Waals surface area contributed by atoms with Crippen molar-refractivity contribution in [2.75, 3.05) is 6.54 Å². The van der Waals surface area contributed by atoms with Gasteiger partial charge in [0.15, 0.2) is 0 Å². The zero-order valence-corrected chi connectivity index (χ0v) is 11.9. The second kappa shape index (κ2) is 5.58. The van der Waals surface area contributed by atoms with Crippen molar-refractivity contribution in [1.82, 2.24) is 4.90 Å². The fraction of sp³-hybridized carbons (Fsp3) is 0.333. The van der Waals surface area contributed by atoms with Gasteiger partial charge in [-0.05, 0) is 40.9 Å². The molecule has 1 aliphatic heterocycles. The number of carboxylic acids is 1. The van der Waals surface area contributed by atoms with Crippen molar-refractivity contribution >= 4 is 33.5 Å². The van der Waals surface area contributed by atoms with E-state index in [0.29, 0.717) is 19.4 Å². The summed E-state index contributed by atoms with van der Waals surface area (Å²) in [5.41, 5.74) is -0.102. The van der Waals surface area contributed by atoms with Crippen molar-refractivity contribution < 1.29 is 19.6 Å². The van der Waals surface area contributed by atoms with Crippen LogP contribution in [0.15, 0.2) is 22.7 Å². The molecule has 8 heteroatoms. The Morgan fingerprint density at radius 1 is 1.45 bits per heavy atom. The van der Waals surface area contributed by atoms with Crippen LogP contribution in [0, 0.1) is 10.1 Å². The molecule has 0 radical (unpaired) electrons. The normalized spacial score (nSPS) is 18.1. The van der Waals surface area contributed by atoms with E-state index >= 15 is 0 Å². The number of carboxylic acid groups (broad SMARTS) is 1. The molecule has 1 aromatic carbocycles. The highest BCUT2D eigenvalue weighted by molar-refractivity contribution is 9.10. The Morgan fingerprint density at radius 2 is 2.15 bits per heavy atom. The highest BCUT2D eigenvalue weighted by Crippen LogP contribution is 2.27. The predicted octanol–water partition coefficient (Wildman–Crippen LogP) is 2.05. The number of benzene rings is 1. The molecule has 1 amide bonds. The molecule has 1 aliphatic rings. The molecule has 1 aromatic rings. The van der Waals surface area contributed by atoms with Gasteiger partial charge in [0.05, 0.1) is 9.40 Å². The maximum Gasteiger partial charge on any atom is 0.326 e. The van der Waals surface area contributed by atoms with Crippen LogP contribution in [-0.4, -0.2) is 39.4 Å². The van der Waals surface area contributed by atoms with E-state index in [-0.39, 0.29) is 15.7 Å². The lowest BCUT2D eigenvalue weighted by molar-refractivity contribution is -0.385. The molecule has 2 rings (SSSR count). The van der Waals surface area contributed by atoms with Crippen LogP contribution in [0.5, 0.6) is 0 Å². The molecular weight excluding hydrogens is 332 g/mol. The zero-order valence-electron chi connectivity index (χ0n) is 10.3. The first-order valence-corrected chi connectivity index (χ1v) is 6.69. The quantitative estimate of drug-likeness (QED) is 0.669. The Balaban J connectivity index is 2.32. The number of carbonyl (C=O) groups excluding carboxylic acids is 1. The molecule has 0 aromatic heterocycles. The highest BCUT2D eigenvalue weighted by atomic mass is 79.9. The van der Waals surface area contributed by atoms with Crippen molar-refractivity contribution in [2.24, 2.45) is 0 Å². The summed E-state index contributed by atoms with van der Waals surface area (Å²) in [6, 6.07) is 3.16. The van der Waals surface area contributed by atoms with Gasteiger partial charge in [-0.25, -0.2) is 4.79 Å². The molecular formula is C12H11BrN2O5. The lowest BCUT2D eigenvalue weighted by atomic mass is 10.1. The Morgan fingerprint density at radius 3 is 2.75 bits per heavy atom. The number of likely N-dealkylation sites (tertiary alicyclic amines) is 1. The number of amides is 1. The van der Waals surface area contributed by atoms with Gasteiger partial charge >= 0.3 is 5.97 Å². The monoisotopic (exact) mass is 342 g/mol. The van der Waals surface area contributed by atoms with Gasteiger partial charge in [0.2, 0.25) is 0 Å². The molecule has 0 bridgehead atoms. The first-order valence-electron chi connectivity index (χ1n) is 5.89. The number of carbonyl (C=O) groups is 2. The summed E-state index contributed by atoms with van der Waals surface area (Å²) in [6.07, 6.45) is 1.01. The smallest absolute Gasteiger partial charge is 0.326 e. The predicted molar refractivity (Wildman–Crippen MR) is 72.5 cm³/mol. The number of halogens is 1. The van der Waals surface area contributed by atoms with Crippen LogP contribution in [0.4, 0.5) is 5.69 Å². The van der Waals surface area contributed by atoms with Crippen molar-refractivity contribution in [1.29, 1.82) is 0 Å². The molecule has 106 valence electrons. The fourth-order valence-corrected chi connectivity index (χ4v) is 2.61. The van der Waals surface area contributed by atoms with Crippen molar-refractivity contribution in [3.63, 3.8) is 0 Å². The first-order chi connectivity index (χ1) is 9.41. The van der Waals surface area contributed by atoms with Gasteiger partial charge in [-0.3, -0.25) is 14.9 Å². The number of aliphatic carboxylic acids is 1. The summed E-state index contributed by atoms with van der Waals surface area (Å²) in [4.78, 5) is 34.8. The molecule has 1 atom stereocenters. The SMILES string of the molecule is O=C(O)[C@H]1CCCN1C(=O)c1ccc(Br)c([N+](=O)[O-])c1. The third kappa shape index (κ3) is 2.64. The van der Waals surface area contributed by atoms with Gasteiger partial charge < -0.3 is 10.0 Å². The van der Waals surface area contributed by atoms with Gasteiger partial charge in [0.25, 0.3) is 11.6 Å². The van der Waals surface area contributed by atoms with Crippen LogP contribution in [0.25, 0.3) is 0 Å². The van der Waals surface area contributed by atoms with Crippen LogP contribution in [0.2, 0.25) is 0 Å². The molecule has 0 unspecified atom stereocenters. The highest BCUT2D eigenvalue weighted by Gasteiger charge is 2.34. The number of hydrogen-bond donors (Lipinski definition) is 1. The average molecular weight is 343 g/mol. The van der Waals surface area contributed by atoms with E-state index in [1.807, 2.05) is 0 Å². The van der Waals surface area contributed by atoms with E-state index in [9.17, 15) is 19.7 Å². The second-order valence-electron chi connectivity index (χ2n) is 4.42. The van der Waals surface area contributed by atoms with Gasteiger partial charge in [-0.1, -0.05) is 0 Å². The average Bonchev–Trinajstić information content (AvgIpc) is 2.87. The summed E-state index contributed by atoms with van der Waals surface area (Å²) in [6.45, 7) is 0.347. The van der Waals surface area contributed by atoms with Crippen LogP contribution in [0.1, 0.15) is 23.2 Å². The summed E-state index contributed by atoms with van der Waals surface area (Å²) in [5.74, 6) is -1.55. The minimum atomic E-state index is -1.05. The molecule has 1 saturated heterocycles. The summed E-state index contributed by atoms with van der Waals surface area (Å²) < 4.78 is 0.273. The number of nitro benzene ring substituents is 1. The Bertz CT molecular complexity index is 589. The van der Waals surface area contributed by atoms with E-state index in [4.69, 9.17) is 5.11 Å². The Labute approximate surface area is 122 Å². The van der Waals surface area contributed by atoms with E-state index in [1.165, 1.54) is 17.0 Å². The van der Waals surface area contributed by atoms with Crippen molar-refractivity contribution in [2.45, 2.75) is 18.9 Å². The number of nitrogens with zero attached hydrogens (tertiary/aromatic N) is 2. The van der Waals surface area contributed by atoms with Crippen LogP contribution >= 0.6 is 15.9 Å². The van der Waals surface area contributed by atoms with Crippen LogP contribution in [0.3, 0.4) is 0 Å². The fourth-order valence-electron chi connectivity index (χ4n) is 2.22. The third-order valence-electron chi connectivity index (χ3n) is 3.19. The molecule has 0 aliphatic carbocycles. The van der Waals surface area contributed by atoms with Gasteiger partial charge in [0, 0.05) is 18.2 Å². The van der Waals surface area contributed by atoms with Gasteiger partial charge in [-0.2, -0.15) is 0 Å². The number of rotatable bonds is 3. The second-order valence-corrected chi connectivity index (χ2v) is 5.27. The molecule has 1 N–H and O–H groups in total. The Kier molecular flexibility index (Phi) is 4.03. The van der Waals surface area contributed by atoms with Crippen LogP contribution in [-0.2, 0) is 4.79 Å². The minimum Gasteiger partial charge on any atom is -0.480 e. The lowest BCUT2D eigenvalue weighted by Crippen LogP contribution is -2.40. The first kappa shape index (κ1) is 14.4. The molecule has 1 heterocycles. The van der Waals surface area contributed by atoms with Gasteiger partial charge in [-0.15, -0.1) is 0 Å². The topological polar surface area (TPSA) is 101 Å². The third-order valence-corrected chi connectivity index (χ3v) is 3.86.